The van der Waals surface area contributed by atoms with Gasteiger partial charge in [0, 0.05) is 62.9 Å². The van der Waals surface area contributed by atoms with Gasteiger partial charge < -0.3 is 45.5 Å². The van der Waals surface area contributed by atoms with Gasteiger partial charge in [-0.25, -0.2) is 4.79 Å². The molecule has 8 rings (SSSR count). The van der Waals surface area contributed by atoms with E-state index in [0.29, 0.717) is 17.5 Å². The number of rotatable bonds is 11. The summed E-state index contributed by atoms with van der Waals surface area (Å²) >= 11 is 0. The fourth-order valence-electron chi connectivity index (χ4n) is 11.1. The summed E-state index contributed by atoms with van der Waals surface area (Å²) in [5.41, 5.74) is 11.3. The highest BCUT2D eigenvalue weighted by Gasteiger charge is 2.84. The maximum atomic E-state index is 13.4. The number of aliphatic hydroxyl groups is 1. The van der Waals surface area contributed by atoms with E-state index in [2.05, 4.69) is 18.4 Å². The SMILES string of the molecule is CO[C@]12CC[C@@]3(C[C@@H]1C(C)(C)O)[C@H]1Cc4ccc(OC(=O)N(C)CCNC(=O)[C@@H](N)CC(N)=O)c5c4[C@@]3(CC[N+]1(C)CC1CC1)[C@H]2O5. The molecular weight excluding hydrogens is 602 g/mol. The second-order valence-electron chi connectivity index (χ2n) is 16.3. The van der Waals surface area contributed by atoms with Gasteiger partial charge in [-0.1, -0.05) is 6.07 Å². The van der Waals surface area contributed by atoms with Gasteiger partial charge in [0.2, 0.25) is 11.8 Å². The molecule has 5 fully saturated rings. The molecule has 5 aliphatic carbocycles. The van der Waals surface area contributed by atoms with Gasteiger partial charge in [-0.15, -0.1) is 0 Å². The van der Waals surface area contributed by atoms with E-state index in [1.807, 2.05) is 19.9 Å². The molecule has 4 saturated carbocycles. The predicted octanol–water partition coefficient (Wildman–Crippen LogP) is 1.58. The van der Waals surface area contributed by atoms with E-state index in [1.54, 1.807) is 14.2 Å². The molecule has 4 bridgehead atoms. The van der Waals surface area contributed by atoms with E-state index in [4.69, 9.17) is 25.7 Å². The van der Waals surface area contributed by atoms with Crippen LogP contribution in [-0.2, 0) is 26.2 Å². The first-order chi connectivity index (χ1) is 22.1. The van der Waals surface area contributed by atoms with Gasteiger partial charge in [0.1, 0.15) is 11.7 Å². The quantitative estimate of drug-likeness (QED) is 0.261. The van der Waals surface area contributed by atoms with Gasteiger partial charge in [0.15, 0.2) is 11.5 Å². The molecule has 2 aliphatic heterocycles. The zero-order valence-electron chi connectivity index (χ0n) is 28.5. The Labute approximate surface area is 277 Å². The Hall–Kier alpha value is -2.93. The molecule has 1 unspecified atom stereocenters. The molecule has 258 valence electrons. The van der Waals surface area contributed by atoms with Crippen LogP contribution in [0.4, 0.5) is 4.79 Å². The van der Waals surface area contributed by atoms with Crippen molar-refractivity contribution < 1.29 is 38.2 Å². The van der Waals surface area contributed by atoms with Gasteiger partial charge in [-0.05, 0) is 57.6 Å². The largest absolute Gasteiger partial charge is 0.482 e. The fraction of sp³-hybridized carbons (Fsp3) is 0.743. The lowest BCUT2D eigenvalue weighted by Gasteiger charge is -2.75. The van der Waals surface area contributed by atoms with Crippen LogP contribution < -0.4 is 26.3 Å². The van der Waals surface area contributed by atoms with Crippen molar-refractivity contribution in [2.24, 2.45) is 28.7 Å². The van der Waals surface area contributed by atoms with E-state index in [9.17, 15) is 19.5 Å². The third kappa shape index (κ3) is 4.64. The summed E-state index contributed by atoms with van der Waals surface area (Å²) in [6, 6.07) is 3.37. The van der Waals surface area contributed by atoms with Crippen LogP contribution in [0.15, 0.2) is 12.1 Å². The second-order valence-corrected chi connectivity index (χ2v) is 16.3. The summed E-state index contributed by atoms with van der Waals surface area (Å²) in [7, 11) is 5.85. The van der Waals surface area contributed by atoms with Gasteiger partial charge in [-0.2, -0.15) is 0 Å². The number of carbonyl (C=O) groups is 3. The number of likely N-dealkylation sites (tertiary alicyclic amines) is 1. The fourth-order valence-corrected chi connectivity index (χ4v) is 11.1. The monoisotopic (exact) mass is 654 g/mol. The van der Waals surface area contributed by atoms with Crippen LogP contribution in [0.1, 0.15) is 69.9 Å². The Bertz CT molecular complexity index is 1490. The second kappa shape index (κ2) is 10.8. The Morgan fingerprint density at radius 3 is 2.64 bits per heavy atom. The molecule has 6 N–H and O–H groups in total. The van der Waals surface area contributed by atoms with Crippen LogP contribution in [0.2, 0.25) is 0 Å². The topological polar surface area (TPSA) is 166 Å². The van der Waals surface area contributed by atoms with E-state index in [0.717, 1.165) is 49.0 Å². The van der Waals surface area contributed by atoms with Gasteiger partial charge in [0.05, 0.1) is 49.7 Å². The minimum Gasteiger partial charge on any atom is -0.482 e. The molecule has 7 aliphatic rings. The number of nitrogens with zero attached hydrogens (tertiary/aromatic N) is 2. The van der Waals surface area contributed by atoms with Crippen LogP contribution >= 0.6 is 0 Å². The number of nitrogens with one attached hydrogen (secondary N) is 1. The molecule has 12 heteroatoms. The van der Waals surface area contributed by atoms with Crippen molar-refractivity contribution in [3.63, 3.8) is 0 Å². The number of nitrogens with two attached hydrogens (primary N) is 2. The number of hydrogen-bond donors (Lipinski definition) is 4. The zero-order valence-corrected chi connectivity index (χ0v) is 28.5. The molecule has 2 heterocycles. The van der Waals surface area contributed by atoms with Gasteiger partial charge >= 0.3 is 6.09 Å². The first-order valence-corrected chi connectivity index (χ1v) is 17.3. The van der Waals surface area contributed by atoms with E-state index >= 15 is 0 Å². The van der Waals surface area contributed by atoms with E-state index < -0.39 is 35.2 Å². The highest BCUT2D eigenvalue weighted by atomic mass is 16.6. The first-order valence-electron chi connectivity index (χ1n) is 17.3. The standard InChI is InChI=1S/C35H51N5O7/c1-32(2,44)24-18-33-10-11-35(24,45-5)30-34(33)12-15-40(4,19-20-6-7-20)25(33)16-21-8-9-23(28(47-30)27(21)34)46-31(43)39(3)14-13-38-29(42)22(36)17-26(37)41/h8-9,20,22,24-25,30,44H,6-7,10-19,36H2,1-5H3,(H2-,37,38,41,42)/p+1/t22-,24+,25+,30+,33+,34-,35+,40?/m0/s1. The average molecular weight is 655 g/mol. The highest BCUT2D eigenvalue weighted by molar-refractivity contribution is 5.87. The molecule has 47 heavy (non-hydrogen) atoms. The summed E-state index contributed by atoms with van der Waals surface area (Å²) in [5.74, 6) is 0.543. The summed E-state index contributed by atoms with van der Waals surface area (Å²) in [5, 5.41) is 14.3. The lowest BCUT2D eigenvalue weighted by molar-refractivity contribution is -0.952. The molecular formula is C35H52N5O7+. The molecule has 8 atom stereocenters. The van der Waals surface area contributed by atoms with Crippen molar-refractivity contribution in [3.05, 3.63) is 23.3 Å². The molecule has 3 amide bonds. The molecule has 1 saturated heterocycles. The van der Waals surface area contributed by atoms with Crippen molar-refractivity contribution >= 4 is 17.9 Å². The number of quaternary nitrogens is 1. The lowest BCUT2D eigenvalue weighted by atomic mass is 9.33. The normalized spacial score (nSPS) is 36.6. The highest BCUT2D eigenvalue weighted by Crippen LogP contribution is 2.78. The minimum absolute atomic E-state index is 0.0737. The minimum atomic E-state index is -1.04. The lowest BCUT2D eigenvalue weighted by Crippen LogP contribution is -2.84. The van der Waals surface area contributed by atoms with Crippen LogP contribution in [-0.4, -0.2) is 109 Å². The number of carbonyl (C=O) groups excluding carboxylic acids is 3. The zero-order chi connectivity index (χ0) is 33.7. The summed E-state index contributed by atoms with van der Waals surface area (Å²) < 4.78 is 20.8. The Morgan fingerprint density at radius 2 is 1.98 bits per heavy atom. The Morgan fingerprint density at radius 1 is 1.23 bits per heavy atom. The molecule has 12 nitrogen and oxygen atoms in total. The van der Waals surface area contributed by atoms with Crippen molar-refractivity contribution in [2.45, 2.75) is 100 Å². The summed E-state index contributed by atoms with van der Waals surface area (Å²) in [6.45, 7) is 6.41. The average Bonchev–Trinajstić information content (AvgIpc) is 3.74. The van der Waals surface area contributed by atoms with Crippen LogP contribution in [0.3, 0.4) is 0 Å². The molecule has 1 aromatic carbocycles. The van der Waals surface area contributed by atoms with Crippen LogP contribution in [0, 0.1) is 17.3 Å². The van der Waals surface area contributed by atoms with Crippen LogP contribution in [0.5, 0.6) is 11.5 Å². The van der Waals surface area contributed by atoms with E-state index in [-0.39, 0.29) is 42.4 Å². The smallest absolute Gasteiger partial charge is 0.415 e. The van der Waals surface area contributed by atoms with Crippen molar-refractivity contribution in [1.82, 2.24) is 10.2 Å². The number of primary amides is 1. The number of methoxy groups -OCH3 is 1. The third-order valence-electron chi connectivity index (χ3n) is 13.2. The summed E-state index contributed by atoms with van der Waals surface area (Å²) in [6.07, 6.45) is 6.14. The maximum absolute atomic E-state index is 13.4. The summed E-state index contributed by atoms with van der Waals surface area (Å²) in [4.78, 5) is 38.0. The number of piperidine rings is 1. The van der Waals surface area contributed by atoms with E-state index in [1.165, 1.54) is 35.4 Å². The Kier molecular flexibility index (Phi) is 7.48. The third-order valence-corrected chi connectivity index (χ3v) is 13.2. The maximum Gasteiger partial charge on any atom is 0.415 e. The van der Waals surface area contributed by atoms with Crippen molar-refractivity contribution in [1.29, 1.82) is 0 Å². The number of likely N-dealkylation sites (N-methyl/N-ethyl adjacent to an activating group) is 2. The number of benzene rings is 1. The first kappa shape index (κ1) is 32.6. The number of fused-ring (bicyclic) bond motifs is 2. The number of ether oxygens (including phenoxy) is 3. The van der Waals surface area contributed by atoms with Crippen molar-refractivity contribution in [2.75, 3.05) is 47.4 Å². The number of hydrogen-bond acceptors (Lipinski definition) is 8. The number of amides is 3. The van der Waals surface area contributed by atoms with Crippen LogP contribution in [0.25, 0.3) is 0 Å². The molecule has 1 aromatic rings. The predicted molar refractivity (Wildman–Crippen MR) is 173 cm³/mol. The molecule has 0 radical (unpaired) electrons. The van der Waals surface area contributed by atoms with Gasteiger partial charge in [0.25, 0.3) is 0 Å². The molecule has 0 aromatic heterocycles. The Balaban J connectivity index is 1.21. The molecule has 2 spiro atoms. The van der Waals surface area contributed by atoms with Crippen molar-refractivity contribution in [3.8, 4) is 11.5 Å². The van der Waals surface area contributed by atoms with Gasteiger partial charge in [-0.3, -0.25) is 9.59 Å².